The number of nitrogens with zero attached hydrogens (tertiary/aromatic N) is 2. The van der Waals surface area contributed by atoms with Gasteiger partial charge in [0.25, 0.3) is 5.91 Å². The van der Waals surface area contributed by atoms with Gasteiger partial charge in [0.15, 0.2) is 5.01 Å². The van der Waals surface area contributed by atoms with Gasteiger partial charge in [-0.1, -0.05) is 32.1 Å². The van der Waals surface area contributed by atoms with Crippen LogP contribution >= 0.6 is 11.3 Å². The minimum Gasteiger partial charge on any atom is -0.381 e. The molecule has 3 heterocycles. The highest BCUT2D eigenvalue weighted by atomic mass is 32.1. The smallest absolute Gasteiger partial charge is 0.381 e. The van der Waals surface area contributed by atoms with Crippen LogP contribution in [0, 0.1) is 5.92 Å². The number of rotatable bonds is 5. The molecule has 3 aliphatic rings. The number of fused-ring (bicyclic) bond motifs is 1. The summed E-state index contributed by atoms with van der Waals surface area (Å²) >= 11 is 1.14. The second-order valence-corrected chi connectivity index (χ2v) is 12.3. The van der Waals surface area contributed by atoms with Crippen molar-refractivity contribution in [2.75, 3.05) is 25.2 Å². The highest BCUT2D eigenvalue weighted by molar-refractivity contribution is 7.17. The van der Waals surface area contributed by atoms with Gasteiger partial charge in [0.05, 0.1) is 27.2 Å². The predicted molar refractivity (Wildman–Crippen MR) is 141 cm³/mol. The second kappa shape index (κ2) is 10.3. The van der Waals surface area contributed by atoms with Crippen molar-refractivity contribution in [3.05, 3.63) is 34.0 Å². The lowest BCUT2D eigenvalue weighted by atomic mass is 9.83. The molecule has 1 aromatic carbocycles. The molecule has 0 radical (unpaired) electrons. The Hall–Kier alpha value is -2.46. The molecule has 2 aromatic rings. The van der Waals surface area contributed by atoms with Crippen LogP contribution in [0.1, 0.15) is 85.4 Å². The Morgan fingerprint density at radius 1 is 1.16 bits per heavy atom. The normalized spacial score (nSPS) is 20.6. The van der Waals surface area contributed by atoms with Crippen molar-refractivity contribution >= 4 is 28.8 Å². The third-order valence-corrected chi connectivity index (χ3v) is 9.33. The Labute approximate surface area is 225 Å². The molecule has 2 amide bonds. The average molecular weight is 550 g/mol. The molecule has 38 heavy (non-hydrogen) atoms. The number of halogens is 3. The van der Waals surface area contributed by atoms with Crippen molar-refractivity contribution < 1.29 is 27.5 Å². The Kier molecular flexibility index (Phi) is 7.32. The quantitative estimate of drug-likeness (QED) is 0.488. The van der Waals surface area contributed by atoms with E-state index >= 15 is 0 Å². The van der Waals surface area contributed by atoms with Crippen molar-refractivity contribution in [1.29, 1.82) is 0 Å². The summed E-state index contributed by atoms with van der Waals surface area (Å²) in [6, 6.07) is 2.82. The molecule has 0 spiro atoms. The fourth-order valence-electron chi connectivity index (χ4n) is 6.02. The molecule has 1 N–H and O–H groups in total. The highest BCUT2D eigenvalue weighted by Crippen LogP contribution is 2.50. The largest absolute Gasteiger partial charge is 0.418 e. The highest BCUT2D eigenvalue weighted by Gasteiger charge is 2.48. The summed E-state index contributed by atoms with van der Waals surface area (Å²) in [5.41, 5.74) is -0.649. The van der Waals surface area contributed by atoms with Crippen molar-refractivity contribution in [1.82, 2.24) is 10.3 Å². The number of benzene rings is 1. The summed E-state index contributed by atoms with van der Waals surface area (Å²) in [5, 5.41) is 3.29. The molecule has 1 saturated carbocycles. The van der Waals surface area contributed by atoms with Crippen LogP contribution in [0.2, 0.25) is 0 Å². The van der Waals surface area contributed by atoms with E-state index in [2.05, 4.69) is 5.32 Å². The summed E-state index contributed by atoms with van der Waals surface area (Å²) in [4.78, 5) is 32.5. The van der Waals surface area contributed by atoms with Crippen LogP contribution in [0.25, 0.3) is 10.4 Å². The molecule has 0 atom stereocenters. The first kappa shape index (κ1) is 27.1. The summed E-state index contributed by atoms with van der Waals surface area (Å²) in [5.74, 6) is -0.291. The number of hydrogen-bond donors (Lipinski definition) is 1. The first-order valence-corrected chi connectivity index (χ1v) is 14.2. The maximum atomic E-state index is 14.3. The SMILES string of the molecule is CN1C(=O)C(C)(C)c2cc(-c3sc(C(=O)NC4CCOCC4)nc3CC3CCCCC3)cc(C(F)(F)F)c21. The van der Waals surface area contributed by atoms with Crippen molar-refractivity contribution in [2.45, 2.75) is 82.8 Å². The van der Waals surface area contributed by atoms with Crippen LogP contribution in [-0.4, -0.2) is 43.1 Å². The van der Waals surface area contributed by atoms with Crippen LogP contribution in [0.15, 0.2) is 12.1 Å². The van der Waals surface area contributed by atoms with Crippen molar-refractivity contribution in [2.24, 2.45) is 5.92 Å². The number of ether oxygens (including phenoxy) is 1. The van der Waals surface area contributed by atoms with E-state index in [-0.39, 0.29) is 28.6 Å². The Morgan fingerprint density at radius 2 is 1.84 bits per heavy atom. The molecule has 1 aliphatic carbocycles. The molecular weight excluding hydrogens is 515 g/mol. The molecule has 10 heteroatoms. The maximum Gasteiger partial charge on any atom is 0.418 e. The number of carbonyl (C=O) groups is 2. The van der Waals surface area contributed by atoms with Gasteiger partial charge in [-0.05, 0) is 62.3 Å². The number of thiazole rings is 1. The van der Waals surface area contributed by atoms with Gasteiger partial charge in [-0.2, -0.15) is 13.2 Å². The molecule has 0 unspecified atom stereocenters. The summed E-state index contributed by atoms with van der Waals surface area (Å²) < 4.78 is 48.4. The van der Waals surface area contributed by atoms with Gasteiger partial charge in [-0.25, -0.2) is 4.98 Å². The minimum absolute atomic E-state index is 0.00966. The molecule has 6 nitrogen and oxygen atoms in total. The van der Waals surface area contributed by atoms with Gasteiger partial charge in [0.1, 0.15) is 0 Å². The third-order valence-electron chi connectivity index (χ3n) is 8.18. The standard InChI is InChI=1S/C28H34F3N3O3S/c1-27(2)19-14-17(15-20(28(29,30)31)22(19)34(3)26(27)36)23-21(13-16-7-5-4-6-8-16)33-25(38-23)24(35)32-18-9-11-37-12-10-18/h14-16,18H,4-13H2,1-3H3,(H,32,35). The Bertz CT molecular complexity index is 1230. The first-order chi connectivity index (χ1) is 18.0. The predicted octanol–water partition coefficient (Wildman–Crippen LogP) is 6.11. The van der Waals surface area contributed by atoms with Crippen molar-refractivity contribution in [3.8, 4) is 10.4 Å². The van der Waals surface area contributed by atoms with Gasteiger partial charge in [-0.15, -0.1) is 11.3 Å². The molecular formula is C28H34F3N3O3S. The third kappa shape index (κ3) is 5.09. The number of anilines is 1. The Morgan fingerprint density at radius 3 is 2.50 bits per heavy atom. The maximum absolute atomic E-state index is 14.3. The molecule has 1 aromatic heterocycles. The zero-order chi connectivity index (χ0) is 27.2. The first-order valence-electron chi connectivity index (χ1n) is 13.4. The molecule has 5 rings (SSSR count). The lowest BCUT2D eigenvalue weighted by Gasteiger charge is -2.22. The molecule has 2 aliphatic heterocycles. The van der Waals surface area contributed by atoms with Crippen LogP contribution in [-0.2, 0) is 27.5 Å². The van der Waals surface area contributed by atoms with E-state index in [1.165, 1.54) is 13.5 Å². The van der Waals surface area contributed by atoms with E-state index in [4.69, 9.17) is 9.72 Å². The monoisotopic (exact) mass is 549 g/mol. The van der Waals surface area contributed by atoms with Gasteiger partial charge < -0.3 is 15.0 Å². The summed E-state index contributed by atoms with van der Waals surface area (Å²) in [6.45, 7) is 4.48. The topological polar surface area (TPSA) is 71.5 Å². The number of hydrogen-bond acceptors (Lipinski definition) is 5. The summed E-state index contributed by atoms with van der Waals surface area (Å²) in [7, 11) is 1.39. The number of amides is 2. The van der Waals surface area contributed by atoms with Crippen LogP contribution in [0.4, 0.5) is 18.9 Å². The number of likely N-dealkylation sites (N-methyl/N-ethyl adjacent to an activating group) is 1. The molecule has 206 valence electrons. The van der Waals surface area contributed by atoms with E-state index in [0.717, 1.165) is 60.8 Å². The molecule has 2 fully saturated rings. The van der Waals surface area contributed by atoms with Crippen LogP contribution in [0.5, 0.6) is 0 Å². The average Bonchev–Trinajstić information content (AvgIpc) is 3.38. The van der Waals surface area contributed by atoms with E-state index in [1.54, 1.807) is 19.9 Å². The zero-order valence-electron chi connectivity index (χ0n) is 22.0. The van der Waals surface area contributed by atoms with Gasteiger partial charge in [0, 0.05) is 26.3 Å². The van der Waals surface area contributed by atoms with Gasteiger partial charge >= 0.3 is 6.18 Å². The molecule has 0 bridgehead atoms. The lowest BCUT2D eigenvalue weighted by molar-refractivity contribution is -0.137. The minimum atomic E-state index is -4.65. The number of alkyl halides is 3. The Balaban J connectivity index is 1.59. The second-order valence-electron chi connectivity index (χ2n) is 11.3. The zero-order valence-corrected chi connectivity index (χ0v) is 22.9. The van der Waals surface area contributed by atoms with Gasteiger partial charge in [-0.3, -0.25) is 9.59 Å². The van der Waals surface area contributed by atoms with E-state index in [1.807, 2.05) is 0 Å². The van der Waals surface area contributed by atoms with Gasteiger partial charge in [0.2, 0.25) is 5.91 Å². The fraction of sp³-hybridized carbons (Fsp3) is 0.607. The van der Waals surface area contributed by atoms with E-state index in [0.29, 0.717) is 47.3 Å². The van der Waals surface area contributed by atoms with Crippen molar-refractivity contribution in [3.63, 3.8) is 0 Å². The number of aromatic nitrogens is 1. The van der Waals surface area contributed by atoms with Crippen LogP contribution in [0.3, 0.4) is 0 Å². The fourth-order valence-corrected chi connectivity index (χ4v) is 7.01. The van der Waals surface area contributed by atoms with Crippen LogP contribution < -0.4 is 10.2 Å². The lowest BCUT2D eigenvalue weighted by Crippen LogP contribution is -2.38. The molecule has 1 saturated heterocycles. The summed E-state index contributed by atoms with van der Waals surface area (Å²) in [6.07, 6.45) is 2.95. The number of nitrogens with one attached hydrogen (secondary N) is 1. The number of carbonyl (C=O) groups excluding carboxylic acids is 2. The van der Waals surface area contributed by atoms with E-state index < -0.39 is 17.2 Å². The van der Waals surface area contributed by atoms with E-state index in [9.17, 15) is 22.8 Å².